The zero-order valence-electron chi connectivity index (χ0n) is 13.2. The molecule has 4 nitrogen and oxygen atoms in total. The first kappa shape index (κ1) is 15.2. The van der Waals surface area contributed by atoms with Crippen molar-refractivity contribution in [3.05, 3.63) is 71.9 Å². The lowest BCUT2D eigenvalue weighted by Gasteiger charge is -2.16. The minimum absolute atomic E-state index is 0.0864. The second kappa shape index (κ2) is 6.57. The fourth-order valence-corrected chi connectivity index (χ4v) is 2.86. The number of allylic oxidation sites excluding steroid dienone is 1. The number of benzene rings is 1. The van der Waals surface area contributed by atoms with Crippen LogP contribution in [0.1, 0.15) is 16.7 Å². The Morgan fingerprint density at radius 1 is 1.39 bits per heavy atom. The SMILES string of the molecule is C=CC(=NC)c1cnc2c(c1)CCN2C(=O)Cc1ccccc1. The van der Waals surface area contributed by atoms with Gasteiger partial charge in [0.05, 0.1) is 12.1 Å². The number of pyridine rings is 1. The molecule has 0 aliphatic carbocycles. The number of nitrogens with zero attached hydrogens (tertiary/aromatic N) is 3. The molecule has 2 heterocycles. The van der Waals surface area contributed by atoms with Gasteiger partial charge in [0.15, 0.2) is 0 Å². The van der Waals surface area contributed by atoms with E-state index in [-0.39, 0.29) is 5.91 Å². The Bertz CT molecular complexity index is 765. The molecule has 0 saturated carbocycles. The van der Waals surface area contributed by atoms with E-state index in [4.69, 9.17) is 0 Å². The molecule has 1 aliphatic heterocycles. The highest BCUT2D eigenvalue weighted by atomic mass is 16.2. The molecule has 1 aromatic heterocycles. The van der Waals surface area contributed by atoms with Gasteiger partial charge in [-0.1, -0.05) is 36.9 Å². The predicted octanol–water partition coefficient (Wildman–Crippen LogP) is 2.82. The first-order chi connectivity index (χ1) is 11.2. The molecular weight excluding hydrogens is 286 g/mol. The lowest BCUT2D eigenvalue weighted by atomic mass is 10.1. The summed E-state index contributed by atoms with van der Waals surface area (Å²) in [6, 6.07) is 11.9. The molecule has 4 heteroatoms. The van der Waals surface area contributed by atoms with Gasteiger partial charge in [-0.15, -0.1) is 0 Å². The molecule has 23 heavy (non-hydrogen) atoms. The van der Waals surface area contributed by atoms with Crippen molar-refractivity contribution in [1.29, 1.82) is 0 Å². The fourth-order valence-electron chi connectivity index (χ4n) is 2.86. The second-order valence-electron chi connectivity index (χ2n) is 5.48. The molecule has 1 aliphatic rings. The van der Waals surface area contributed by atoms with Crippen LogP contribution < -0.4 is 4.90 Å². The summed E-state index contributed by atoms with van der Waals surface area (Å²) in [5.41, 5.74) is 3.87. The lowest BCUT2D eigenvalue weighted by molar-refractivity contribution is -0.117. The number of fused-ring (bicyclic) bond motifs is 1. The number of hydrogen-bond donors (Lipinski definition) is 0. The van der Waals surface area contributed by atoms with Crippen LogP contribution in [-0.4, -0.2) is 30.2 Å². The van der Waals surface area contributed by atoms with E-state index in [0.29, 0.717) is 13.0 Å². The Morgan fingerprint density at radius 3 is 2.87 bits per heavy atom. The van der Waals surface area contributed by atoms with E-state index < -0.39 is 0 Å². The summed E-state index contributed by atoms with van der Waals surface area (Å²) in [5.74, 6) is 0.859. The summed E-state index contributed by atoms with van der Waals surface area (Å²) in [6.45, 7) is 4.45. The lowest BCUT2D eigenvalue weighted by Crippen LogP contribution is -2.30. The third kappa shape index (κ3) is 3.06. The van der Waals surface area contributed by atoms with Crippen LogP contribution >= 0.6 is 0 Å². The minimum atomic E-state index is 0.0864. The van der Waals surface area contributed by atoms with Gasteiger partial charge in [0.2, 0.25) is 5.91 Å². The summed E-state index contributed by atoms with van der Waals surface area (Å²) >= 11 is 0. The molecule has 116 valence electrons. The minimum Gasteiger partial charge on any atom is -0.296 e. The fraction of sp³-hybridized carbons (Fsp3) is 0.211. The highest BCUT2D eigenvalue weighted by Gasteiger charge is 2.26. The highest BCUT2D eigenvalue weighted by molar-refractivity contribution is 6.08. The van der Waals surface area contributed by atoms with Crippen LogP contribution in [-0.2, 0) is 17.6 Å². The van der Waals surface area contributed by atoms with Crippen LogP contribution in [0.2, 0.25) is 0 Å². The second-order valence-corrected chi connectivity index (χ2v) is 5.48. The van der Waals surface area contributed by atoms with Crippen LogP contribution in [0.3, 0.4) is 0 Å². The highest BCUT2D eigenvalue weighted by Crippen LogP contribution is 2.27. The Morgan fingerprint density at radius 2 is 2.17 bits per heavy atom. The van der Waals surface area contributed by atoms with E-state index in [1.165, 1.54) is 0 Å². The van der Waals surface area contributed by atoms with E-state index >= 15 is 0 Å². The number of aromatic nitrogens is 1. The molecule has 0 bridgehead atoms. The first-order valence-electron chi connectivity index (χ1n) is 7.65. The number of rotatable bonds is 4. The average Bonchev–Trinajstić information content (AvgIpc) is 3.00. The molecule has 0 unspecified atom stereocenters. The summed E-state index contributed by atoms with van der Waals surface area (Å²) < 4.78 is 0. The van der Waals surface area contributed by atoms with Crippen LogP contribution in [0, 0.1) is 0 Å². The van der Waals surface area contributed by atoms with Crippen molar-refractivity contribution in [3.8, 4) is 0 Å². The van der Waals surface area contributed by atoms with Crippen LogP contribution in [0.4, 0.5) is 5.82 Å². The number of carbonyl (C=O) groups excluding carboxylic acids is 1. The van der Waals surface area contributed by atoms with Crippen molar-refractivity contribution in [1.82, 2.24) is 4.98 Å². The van der Waals surface area contributed by atoms with Crippen molar-refractivity contribution in [2.24, 2.45) is 4.99 Å². The van der Waals surface area contributed by atoms with Crippen LogP contribution in [0.15, 0.2) is 60.2 Å². The largest absolute Gasteiger partial charge is 0.296 e. The molecule has 1 aromatic carbocycles. The normalized spacial score (nSPS) is 13.8. The van der Waals surface area contributed by atoms with Crippen molar-refractivity contribution in [2.45, 2.75) is 12.8 Å². The molecule has 0 spiro atoms. The molecule has 2 aromatic rings. The van der Waals surface area contributed by atoms with Crippen molar-refractivity contribution in [3.63, 3.8) is 0 Å². The summed E-state index contributed by atoms with van der Waals surface area (Å²) in [5, 5.41) is 0. The van der Waals surface area contributed by atoms with Gasteiger partial charge in [-0.3, -0.25) is 14.7 Å². The Kier molecular flexibility index (Phi) is 4.33. The van der Waals surface area contributed by atoms with Gasteiger partial charge in [-0.2, -0.15) is 0 Å². The predicted molar refractivity (Wildman–Crippen MR) is 93.1 cm³/mol. The topological polar surface area (TPSA) is 45.6 Å². The molecule has 0 fully saturated rings. The van der Waals surface area contributed by atoms with Gasteiger partial charge in [0.1, 0.15) is 5.82 Å². The Balaban J connectivity index is 1.82. The molecule has 3 rings (SSSR count). The Hall–Kier alpha value is -2.75. The number of amides is 1. The van der Waals surface area contributed by atoms with Crippen LogP contribution in [0.5, 0.6) is 0 Å². The van der Waals surface area contributed by atoms with Crippen molar-refractivity contribution < 1.29 is 4.79 Å². The van der Waals surface area contributed by atoms with E-state index in [2.05, 4.69) is 22.6 Å². The molecule has 0 atom stereocenters. The maximum Gasteiger partial charge on any atom is 0.232 e. The maximum absolute atomic E-state index is 12.6. The van der Waals surface area contributed by atoms with Gasteiger partial charge in [-0.05, 0) is 29.7 Å². The van der Waals surface area contributed by atoms with Gasteiger partial charge in [0, 0.05) is 25.4 Å². The van der Waals surface area contributed by atoms with Gasteiger partial charge in [0.25, 0.3) is 0 Å². The monoisotopic (exact) mass is 305 g/mol. The molecule has 1 amide bonds. The molecular formula is C19H19N3O. The third-order valence-electron chi connectivity index (χ3n) is 4.03. The summed E-state index contributed by atoms with van der Waals surface area (Å²) in [4.78, 5) is 23.0. The summed E-state index contributed by atoms with van der Waals surface area (Å²) in [7, 11) is 1.74. The molecule has 0 saturated heterocycles. The Labute approximate surface area is 136 Å². The zero-order valence-corrected chi connectivity index (χ0v) is 13.2. The third-order valence-corrected chi connectivity index (χ3v) is 4.03. The van der Waals surface area contributed by atoms with Crippen LogP contribution in [0.25, 0.3) is 0 Å². The van der Waals surface area contributed by atoms with E-state index in [0.717, 1.165) is 34.6 Å². The van der Waals surface area contributed by atoms with Gasteiger partial charge in [-0.25, -0.2) is 4.98 Å². The van der Waals surface area contributed by atoms with Gasteiger partial charge >= 0.3 is 0 Å². The molecule has 0 radical (unpaired) electrons. The number of anilines is 1. The smallest absolute Gasteiger partial charge is 0.232 e. The number of aliphatic imine (C=N–C) groups is 1. The first-order valence-corrected chi connectivity index (χ1v) is 7.65. The van der Waals surface area contributed by atoms with Crippen molar-refractivity contribution in [2.75, 3.05) is 18.5 Å². The average molecular weight is 305 g/mol. The van der Waals surface area contributed by atoms with Crippen molar-refractivity contribution >= 4 is 17.4 Å². The number of hydrogen-bond acceptors (Lipinski definition) is 3. The molecule has 0 N–H and O–H groups in total. The van der Waals surface area contributed by atoms with E-state index in [9.17, 15) is 4.79 Å². The van der Waals surface area contributed by atoms with Gasteiger partial charge < -0.3 is 0 Å². The quantitative estimate of drug-likeness (QED) is 0.815. The standard InChI is InChI=1S/C19H19N3O/c1-3-17(20-2)16-12-15-9-10-22(19(15)21-13-16)18(23)11-14-7-5-4-6-8-14/h3-8,12-13H,1,9-11H2,2H3. The van der Waals surface area contributed by atoms with E-state index in [1.807, 2.05) is 30.3 Å². The summed E-state index contributed by atoms with van der Waals surface area (Å²) in [6.07, 6.45) is 4.70. The van der Waals surface area contributed by atoms with E-state index in [1.54, 1.807) is 24.2 Å². The maximum atomic E-state index is 12.6. The number of carbonyl (C=O) groups is 1. The zero-order chi connectivity index (χ0) is 16.2.